The molecule has 0 aliphatic heterocycles. The van der Waals surface area contributed by atoms with E-state index in [4.69, 9.17) is 9.47 Å². The largest absolute Gasteiger partial charge is 0.494 e. The van der Waals surface area contributed by atoms with Crippen molar-refractivity contribution < 1.29 is 14.3 Å². The number of ether oxygens (including phenoxy) is 2. The number of carbonyl (C=O) groups excluding carboxylic acids is 1. The summed E-state index contributed by atoms with van der Waals surface area (Å²) < 4.78 is 10.9. The fraction of sp³-hybridized carbons (Fsp3) is 0.167. The number of fused-ring (bicyclic) bond motifs is 1. The van der Waals surface area contributed by atoms with E-state index in [0.29, 0.717) is 18.2 Å². The van der Waals surface area contributed by atoms with E-state index < -0.39 is 0 Å². The minimum absolute atomic E-state index is 0.143. The number of nitrogens with zero attached hydrogens (tertiary/aromatic N) is 2. The fourth-order valence-corrected chi connectivity index (χ4v) is 2.24. The number of amides is 1. The lowest BCUT2D eigenvalue weighted by Crippen LogP contribution is -2.20. The highest BCUT2D eigenvalue weighted by molar-refractivity contribution is 5.92. The Balaban J connectivity index is 1.60. The van der Waals surface area contributed by atoms with Gasteiger partial charge in [-0.2, -0.15) is 5.10 Å². The Morgan fingerprint density at radius 3 is 2.67 bits per heavy atom. The highest BCUT2D eigenvalue weighted by Crippen LogP contribution is 2.21. The lowest BCUT2D eigenvalue weighted by molar-refractivity contribution is -0.118. The van der Waals surface area contributed by atoms with Crippen molar-refractivity contribution in [3.63, 3.8) is 0 Å². The highest BCUT2D eigenvalue weighted by Gasteiger charge is 2.08. The zero-order valence-electron chi connectivity index (χ0n) is 13.2. The number of hydrogen-bond acceptors (Lipinski definition) is 5. The molecule has 0 aliphatic carbocycles. The molecule has 2 aromatic carbocycles. The summed E-state index contributed by atoms with van der Waals surface area (Å²) in [7, 11) is 0. The first kappa shape index (κ1) is 15.7. The van der Waals surface area contributed by atoms with Gasteiger partial charge in [-0.3, -0.25) is 4.79 Å². The van der Waals surface area contributed by atoms with E-state index >= 15 is 0 Å². The molecule has 6 heteroatoms. The highest BCUT2D eigenvalue weighted by atomic mass is 16.5. The molecule has 0 saturated carbocycles. The molecule has 6 nitrogen and oxygen atoms in total. The van der Waals surface area contributed by atoms with Crippen LogP contribution in [0.2, 0.25) is 0 Å². The van der Waals surface area contributed by atoms with Crippen LogP contribution in [-0.2, 0) is 4.79 Å². The van der Waals surface area contributed by atoms with Crippen LogP contribution in [0.3, 0.4) is 0 Å². The zero-order chi connectivity index (χ0) is 16.8. The van der Waals surface area contributed by atoms with E-state index in [0.717, 1.165) is 16.5 Å². The van der Waals surface area contributed by atoms with Crippen LogP contribution in [0.5, 0.6) is 11.6 Å². The number of benzene rings is 2. The lowest BCUT2D eigenvalue weighted by Gasteiger charge is -2.09. The quantitative estimate of drug-likeness (QED) is 0.755. The molecule has 0 fully saturated rings. The summed E-state index contributed by atoms with van der Waals surface area (Å²) in [6, 6.07) is 14.7. The van der Waals surface area contributed by atoms with Crippen LogP contribution in [0, 0.1) is 0 Å². The lowest BCUT2D eigenvalue weighted by atomic mass is 10.2. The number of hydrogen-bond donors (Lipinski definition) is 1. The van der Waals surface area contributed by atoms with Crippen LogP contribution in [0.4, 0.5) is 5.69 Å². The third-order valence-electron chi connectivity index (χ3n) is 3.33. The second-order valence-corrected chi connectivity index (χ2v) is 5.03. The van der Waals surface area contributed by atoms with Crippen LogP contribution in [0.1, 0.15) is 6.92 Å². The smallest absolute Gasteiger partial charge is 0.262 e. The maximum absolute atomic E-state index is 12.0. The van der Waals surface area contributed by atoms with Crippen LogP contribution in [0.15, 0.2) is 54.7 Å². The second-order valence-electron chi connectivity index (χ2n) is 5.03. The average Bonchev–Trinajstić information content (AvgIpc) is 2.62. The van der Waals surface area contributed by atoms with E-state index in [1.807, 2.05) is 31.2 Å². The molecule has 122 valence electrons. The van der Waals surface area contributed by atoms with Crippen molar-refractivity contribution in [2.75, 3.05) is 18.5 Å². The van der Waals surface area contributed by atoms with Crippen LogP contribution < -0.4 is 14.8 Å². The van der Waals surface area contributed by atoms with Gasteiger partial charge in [-0.1, -0.05) is 18.2 Å². The van der Waals surface area contributed by atoms with Crippen LogP contribution in [0.25, 0.3) is 10.8 Å². The summed E-state index contributed by atoms with van der Waals surface area (Å²) in [4.78, 5) is 12.0. The molecular formula is C18H17N3O3. The zero-order valence-corrected chi connectivity index (χ0v) is 13.2. The van der Waals surface area contributed by atoms with E-state index in [9.17, 15) is 4.79 Å². The molecule has 3 rings (SSSR count). The molecule has 0 aliphatic rings. The Morgan fingerprint density at radius 1 is 1.08 bits per heavy atom. The first-order valence-electron chi connectivity index (χ1n) is 7.62. The predicted octanol–water partition coefficient (Wildman–Crippen LogP) is 3.05. The third-order valence-corrected chi connectivity index (χ3v) is 3.33. The molecule has 1 N–H and O–H groups in total. The molecule has 0 spiro atoms. The van der Waals surface area contributed by atoms with Gasteiger partial charge in [-0.05, 0) is 37.3 Å². The van der Waals surface area contributed by atoms with Crippen molar-refractivity contribution in [1.29, 1.82) is 0 Å². The standard InChI is InChI=1S/C18H17N3O3/c1-2-23-15-9-7-14(8-10-15)20-17(22)12-24-18-16-6-4-3-5-13(16)11-19-21-18/h3-11H,2,12H2,1H3,(H,20,22). The number of rotatable bonds is 6. The maximum atomic E-state index is 12.0. The van der Waals surface area contributed by atoms with Crippen molar-refractivity contribution in [3.8, 4) is 11.6 Å². The van der Waals surface area contributed by atoms with Gasteiger partial charge in [0.1, 0.15) is 5.75 Å². The van der Waals surface area contributed by atoms with Crippen LogP contribution >= 0.6 is 0 Å². The first-order chi connectivity index (χ1) is 11.8. The third kappa shape index (κ3) is 3.78. The summed E-state index contributed by atoms with van der Waals surface area (Å²) in [5, 5.41) is 12.3. The SMILES string of the molecule is CCOc1ccc(NC(=O)COc2nncc3ccccc23)cc1. The van der Waals surface area contributed by atoms with Gasteiger partial charge in [0.05, 0.1) is 12.8 Å². The molecule has 0 unspecified atom stereocenters. The Morgan fingerprint density at radius 2 is 1.88 bits per heavy atom. The van der Waals surface area contributed by atoms with Crippen molar-refractivity contribution in [3.05, 3.63) is 54.7 Å². The molecule has 0 bridgehead atoms. The van der Waals surface area contributed by atoms with E-state index in [1.54, 1.807) is 30.5 Å². The molecule has 0 radical (unpaired) electrons. The summed E-state index contributed by atoms with van der Waals surface area (Å²) in [5.41, 5.74) is 0.677. The Bertz CT molecular complexity index is 829. The molecule has 3 aromatic rings. The number of carbonyl (C=O) groups is 1. The van der Waals surface area contributed by atoms with Crippen molar-refractivity contribution in [1.82, 2.24) is 10.2 Å². The number of nitrogens with one attached hydrogen (secondary N) is 1. The van der Waals surface area contributed by atoms with E-state index in [-0.39, 0.29) is 12.5 Å². The first-order valence-corrected chi connectivity index (χ1v) is 7.62. The molecule has 1 aromatic heterocycles. The Labute approximate surface area is 139 Å². The molecule has 1 heterocycles. The van der Waals surface area contributed by atoms with Crippen molar-refractivity contribution >= 4 is 22.4 Å². The van der Waals surface area contributed by atoms with Gasteiger partial charge < -0.3 is 14.8 Å². The van der Waals surface area contributed by atoms with Gasteiger partial charge in [0.15, 0.2) is 6.61 Å². The Kier molecular flexibility index (Phi) is 4.86. The van der Waals surface area contributed by atoms with Gasteiger partial charge >= 0.3 is 0 Å². The number of anilines is 1. The van der Waals surface area contributed by atoms with Crippen molar-refractivity contribution in [2.24, 2.45) is 0 Å². The molecule has 1 amide bonds. The monoisotopic (exact) mass is 323 g/mol. The maximum Gasteiger partial charge on any atom is 0.262 e. The fourth-order valence-electron chi connectivity index (χ4n) is 2.24. The minimum atomic E-state index is -0.270. The predicted molar refractivity (Wildman–Crippen MR) is 91.3 cm³/mol. The Hall–Kier alpha value is -3.15. The summed E-state index contributed by atoms with van der Waals surface area (Å²) in [5.74, 6) is 0.835. The summed E-state index contributed by atoms with van der Waals surface area (Å²) in [6.07, 6.45) is 1.65. The molecule has 0 atom stereocenters. The van der Waals surface area contributed by atoms with E-state index in [2.05, 4.69) is 15.5 Å². The van der Waals surface area contributed by atoms with Crippen LogP contribution in [-0.4, -0.2) is 29.3 Å². The van der Waals surface area contributed by atoms with Gasteiger partial charge in [0.25, 0.3) is 5.91 Å². The number of aromatic nitrogens is 2. The van der Waals surface area contributed by atoms with Gasteiger partial charge in [0, 0.05) is 16.5 Å². The summed E-state index contributed by atoms with van der Waals surface area (Å²) in [6.45, 7) is 2.38. The molecule has 24 heavy (non-hydrogen) atoms. The topological polar surface area (TPSA) is 73.3 Å². The normalized spacial score (nSPS) is 10.4. The molecule has 0 saturated heterocycles. The van der Waals surface area contributed by atoms with Crippen molar-refractivity contribution in [2.45, 2.75) is 6.92 Å². The minimum Gasteiger partial charge on any atom is -0.494 e. The van der Waals surface area contributed by atoms with E-state index in [1.165, 1.54) is 0 Å². The average molecular weight is 323 g/mol. The summed E-state index contributed by atoms with van der Waals surface area (Å²) >= 11 is 0. The second kappa shape index (κ2) is 7.41. The van der Waals surface area contributed by atoms with Gasteiger partial charge in [0.2, 0.25) is 5.88 Å². The van der Waals surface area contributed by atoms with Gasteiger partial charge in [-0.25, -0.2) is 0 Å². The van der Waals surface area contributed by atoms with Gasteiger partial charge in [-0.15, -0.1) is 5.10 Å². The molecular weight excluding hydrogens is 306 g/mol.